The SMILES string of the molecule is Cc1nn2c(=O)ccn(C)c2c1-c1ccc(F)cc1F. The Labute approximate surface area is 112 Å². The number of hydrogen-bond acceptors (Lipinski definition) is 2. The van der Waals surface area contributed by atoms with Crippen LogP contribution in [-0.2, 0) is 7.05 Å². The quantitative estimate of drug-likeness (QED) is 0.683. The maximum Gasteiger partial charge on any atom is 0.274 e. The average Bonchev–Trinajstić information content (AvgIpc) is 2.73. The summed E-state index contributed by atoms with van der Waals surface area (Å²) in [5.74, 6) is -1.33. The van der Waals surface area contributed by atoms with E-state index in [1.54, 1.807) is 24.7 Å². The monoisotopic (exact) mass is 275 g/mol. The molecule has 6 heteroatoms. The zero-order chi connectivity index (χ0) is 14.4. The first-order valence-corrected chi connectivity index (χ1v) is 5.99. The lowest BCUT2D eigenvalue weighted by Gasteiger charge is -2.06. The number of hydrogen-bond donors (Lipinski definition) is 0. The van der Waals surface area contributed by atoms with E-state index in [0.29, 0.717) is 16.9 Å². The largest absolute Gasteiger partial charge is 0.335 e. The molecule has 0 N–H and O–H groups in total. The van der Waals surface area contributed by atoms with Crippen molar-refractivity contribution < 1.29 is 8.78 Å². The summed E-state index contributed by atoms with van der Waals surface area (Å²) in [7, 11) is 1.74. The van der Waals surface area contributed by atoms with Crippen molar-refractivity contribution in [3.05, 3.63) is 58.1 Å². The van der Waals surface area contributed by atoms with Crippen molar-refractivity contribution in [3.63, 3.8) is 0 Å². The van der Waals surface area contributed by atoms with Crippen LogP contribution >= 0.6 is 0 Å². The Hall–Kier alpha value is -2.50. The molecule has 2 aromatic heterocycles. The first-order valence-electron chi connectivity index (χ1n) is 5.99. The second-order valence-corrected chi connectivity index (χ2v) is 4.58. The van der Waals surface area contributed by atoms with Crippen molar-refractivity contribution in [2.24, 2.45) is 7.05 Å². The van der Waals surface area contributed by atoms with E-state index < -0.39 is 11.6 Å². The van der Waals surface area contributed by atoms with Gasteiger partial charge in [0.05, 0.1) is 11.3 Å². The van der Waals surface area contributed by atoms with Gasteiger partial charge in [-0.25, -0.2) is 8.78 Å². The summed E-state index contributed by atoms with van der Waals surface area (Å²) < 4.78 is 29.9. The van der Waals surface area contributed by atoms with Crippen LogP contribution in [0, 0.1) is 18.6 Å². The molecule has 1 aromatic carbocycles. The summed E-state index contributed by atoms with van der Waals surface area (Å²) in [6.45, 7) is 1.69. The Morgan fingerprint density at radius 2 is 1.95 bits per heavy atom. The van der Waals surface area contributed by atoms with Crippen LogP contribution in [0.4, 0.5) is 8.78 Å². The third-order valence-electron chi connectivity index (χ3n) is 3.22. The summed E-state index contributed by atoms with van der Waals surface area (Å²) in [6.07, 6.45) is 1.59. The Morgan fingerprint density at radius 1 is 1.20 bits per heavy atom. The van der Waals surface area contributed by atoms with Crippen molar-refractivity contribution in [3.8, 4) is 11.1 Å². The van der Waals surface area contributed by atoms with E-state index in [0.717, 1.165) is 6.07 Å². The number of fused-ring (bicyclic) bond motifs is 1. The van der Waals surface area contributed by atoms with Crippen LogP contribution in [0.15, 0.2) is 35.3 Å². The molecule has 4 nitrogen and oxygen atoms in total. The zero-order valence-corrected chi connectivity index (χ0v) is 10.9. The molecular weight excluding hydrogens is 264 g/mol. The Bertz CT molecular complexity index is 880. The van der Waals surface area contributed by atoms with Gasteiger partial charge in [0.15, 0.2) is 0 Å². The van der Waals surface area contributed by atoms with Crippen LogP contribution < -0.4 is 5.56 Å². The summed E-state index contributed by atoms with van der Waals surface area (Å²) in [6, 6.07) is 4.73. The molecule has 2 heterocycles. The number of benzene rings is 1. The van der Waals surface area contributed by atoms with E-state index in [1.165, 1.54) is 22.7 Å². The lowest BCUT2D eigenvalue weighted by Crippen LogP contribution is -2.15. The maximum absolute atomic E-state index is 14.0. The summed E-state index contributed by atoms with van der Waals surface area (Å²) in [5, 5.41) is 4.14. The van der Waals surface area contributed by atoms with Gasteiger partial charge < -0.3 is 4.57 Å². The van der Waals surface area contributed by atoms with Gasteiger partial charge in [0.2, 0.25) is 0 Å². The van der Waals surface area contributed by atoms with E-state index >= 15 is 0 Å². The van der Waals surface area contributed by atoms with Crippen LogP contribution in [-0.4, -0.2) is 14.2 Å². The lowest BCUT2D eigenvalue weighted by atomic mass is 10.1. The lowest BCUT2D eigenvalue weighted by molar-refractivity contribution is 0.585. The number of aromatic nitrogens is 3. The van der Waals surface area contributed by atoms with Crippen molar-refractivity contribution in [2.45, 2.75) is 6.92 Å². The van der Waals surface area contributed by atoms with Gasteiger partial charge in [0.1, 0.15) is 17.3 Å². The van der Waals surface area contributed by atoms with Crippen molar-refractivity contribution >= 4 is 5.65 Å². The van der Waals surface area contributed by atoms with E-state index in [4.69, 9.17) is 0 Å². The Balaban J connectivity index is 2.45. The highest BCUT2D eigenvalue weighted by Crippen LogP contribution is 2.29. The highest BCUT2D eigenvalue weighted by molar-refractivity contribution is 5.80. The molecule has 0 fully saturated rings. The predicted molar refractivity (Wildman–Crippen MR) is 70.5 cm³/mol. The molecule has 0 saturated heterocycles. The molecule has 0 atom stereocenters. The standard InChI is InChI=1S/C14H11F2N3O/c1-8-13(10-4-3-9(15)7-11(10)16)14-18(2)6-5-12(20)19(14)17-8/h3-7H,1-2H3. The fraction of sp³-hybridized carbons (Fsp3) is 0.143. The van der Waals surface area contributed by atoms with E-state index in [1.807, 2.05) is 0 Å². The minimum atomic E-state index is -0.681. The molecule has 0 unspecified atom stereocenters. The van der Waals surface area contributed by atoms with Crippen LogP contribution in [0.25, 0.3) is 16.8 Å². The number of rotatable bonds is 1. The smallest absolute Gasteiger partial charge is 0.274 e. The maximum atomic E-state index is 14.0. The first-order chi connectivity index (χ1) is 9.49. The van der Waals surface area contributed by atoms with Crippen molar-refractivity contribution in [1.82, 2.24) is 14.2 Å². The van der Waals surface area contributed by atoms with E-state index in [9.17, 15) is 13.6 Å². The minimum Gasteiger partial charge on any atom is -0.335 e. The van der Waals surface area contributed by atoms with Crippen LogP contribution in [0.1, 0.15) is 5.69 Å². The third-order valence-corrected chi connectivity index (χ3v) is 3.22. The highest BCUT2D eigenvalue weighted by atomic mass is 19.1. The second kappa shape index (κ2) is 4.26. The number of aryl methyl sites for hydroxylation is 2. The van der Waals surface area contributed by atoms with Gasteiger partial charge >= 0.3 is 0 Å². The third kappa shape index (κ3) is 1.72. The van der Waals surface area contributed by atoms with Gasteiger partial charge in [0.25, 0.3) is 5.56 Å². The fourth-order valence-electron chi connectivity index (χ4n) is 2.32. The molecule has 0 amide bonds. The van der Waals surface area contributed by atoms with Gasteiger partial charge in [-0.05, 0) is 19.1 Å². The molecule has 0 saturated carbocycles. The van der Waals surface area contributed by atoms with Crippen LogP contribution in [0.3, 0.4) is 0 Å². The molecule has 102 valence electrons. The van der Waals surface area contributed by atoms with Crippen LogP contribution in [0.5, 0.6) is 0 Å². The molecule has 0 radical (unpaired) electrons. The molecule has 0 aliphatic heterocycles. The molecule has 0 spiro atoms. The number of nitrogens with zero attached hydrogens (tertiary/aromatic N) is 3. The highest BCUT2D eigenvalue weighted by Gasteiger charge is 2.18. The molecule has 0 aliphatic rings. The van der Waals surface area contributed by atoms with Gasteiger partial charge in [0, 0.05) is 30.9 Å². The fourth-order valence-corrected chi connectivity index (χ4v) is 2.32. The van der Waals surface area contributed by atoms with Gasteiger partial charge in [-0.2, -0.15) is 9.61 Å². The second-order valence-electron chi connectivity index (χ2n) is 4.58. The average molecular weight is 275 g/mol. The van der Waals surface area contributed by atoms with Gasteiger partial charge in [-0.15, -0.1) is 0 Å². The Morgan fingerprint density at radius 3 is 2.65 bits per heavy atom. The normalized spacial score (nSPS) is 11.2. The van der Waals surface area contributed by atoms with E-state index in [2.05, 4.69) is 5.10 Å². The number of halogens is 2. The summed E-state index contributed by atoms with van der Waals surface area (Å²) >= 11 is 0. The zero-order valence-electron chi connectivity index (χ0n) is 10.9. The summed E-state index contributed by atoms with van der Waals surface area (Å²) in [5.41, 5.74) is 1.40. The molecule has 3 aromatic rings. The van der Waals surface area contributed by atoms with Crippen molar-refractivity contribution in [2.75, 3.05) is 0 Å². The van der Waals surface area contributed by atoms with Crippen molar-refractivity contribution in [1.29, 1.82) is 0 Å². The summed E-state index contributed by atoms with van der Waals surface area (Å²) in [4.78, 5) is 11.8. The molecule has 0 aliphatic carbocycles. The Kier molecular flexibility index (Phi) is 2.67. The van der Waals surface area contributed by atoms with Crippen LogP contribution in [0.2, 0.25) is 0 Å². The van der Waals surface area contributed by atoms with Gasteiger partial charge in [-0.1, -0.05) is 0 Å². The molecular formula is C14H11F2N3O. The first kappa shape index (κ1) is 12.5. The topological polar surface area (TPSA) is 39.3 Å². The molecule has 20 heavy (non-hydrogen) atoms. The van der Waals surface area contributed by atoms with Gasteiger partial charge in [-0.3, -0.25) is 4.79 Å². The molecule has 0 bridgehead atoms. The molecule has 3 rings (SSSR count). The predicted octanol–water partition coefficient (Wildman–Crippen LogP) is 2.29. The van der Waals surface area contributed by atoms with E-state index in [-0.39, 0.29) is 11.1 Å². The minimum absolute atomic E-state index is 0.222.